The summed E-state index contributed by atoms with van der Waals surface area (Å²) in [5, 5.41) is 14.9. The first kappa shape index (κ1) is 25.7. The molecule has 1 aromatic heterocycles. The van der Waals surface area contributed by atoms with Crippen molar-refractivity contribution in [2.45, 2.75) is 38.6 Å². The van der Waals surface area contributed by atoms with Gasteiger partial charge >= 0.3 is 0 Å². The van der Waals surface area contributed by atoms with Crippen molar-refractivity contribution in [1.29, 1.82) is 0 Å². The highest BCUT2D eigenvalue weighted by Crippen LogP contribution is 2.32. The predicted molar refractivity (Wildman–Crippen MR) is 154 cm³/mol. The second-order valence-electron chi connectivity index (χ2n) is 10.6. The second-order valence-corrected chi connectivity index (χ2v) is 10.6. The first-order valence-electron chi connectivity index (χ1n) is 13.5. The van der Waals surface area contributed by atoms with Gasteiger partial charge < -0.3 is 20.3 Å². The Hall–Kier alpha value is -3.90. The molecule has 0 aliphatic heterocycles. The van der Waals surface area contributed by atoms with Gasteiger partial charge in [-0.1, -0.05) is 61.7 Å². The molecular formula is C32H36N4O2. The van der Waals surface area contributed by atoms with Crippen molar-refractivity contribution in [2.75, 3.05) is 20.6 Å². The van der Waals surface area contributed by atoms with Gasteiger partial charge in [-0.3, -0.25) is 4.79 Å². The largest absolute Gasteiger partial charge is 0.494 e. The maximum absolute atomic E-state index is 13.1. The number of carbonyl (C=O) groups is 1. The highest BCUT2D eigenvalue weighted by atomic mass is 16.3. The summed E-state index contributed by atoms with van der Waals surface area (Å²) in [5.74, 6) is 0.509. The molecule has 1 aliphatic rings. The minimum Gasteiger partial charge on any atom is -0.494 e. The molecule has 0 unspecified atom stereocenters. The molecule has 0 radical (unpaired) electrons. The van der Waals surface area contributed by atoms with Crippen LogP contribution in [0.2, 0.25) is 0 Å². The number of benzene rings is 3. The molecule has 3 N–H and O–H groups in total. The molecule has 1 heterocycles. The van der Waals surface area contributed by atoms with E-state index in [9.17, 15) is 9.90 Å². The maximum atomic E-state index is 13.1. The van der Waals surface area contributed by atoms with E-state index in [1.807, 2.05) is 68.7 Å². The molecule has 4 aromatic rings. The van der Waals surface area contributed by atoms with Crippen LogP contribution in [0.25, 0.3) is 10.9 Å². The number of aromatic nitrogens is 1. The van der Waals surface area contributed by atoms with Crippen molar-refractivity contribution in [3.8, 4) is 5.88 Å². The summed E-state index contributed by atoms with van der Waals surface area (Å²) in [6.07, 6.45) is 6.16. The van der Waals surface area contributed by atoms with E-state index in [1.54, 1.807) is 6.07 Å². The zero-order valence-electron chi connectivity index (χ0n) is 22.2. The molecule has 3 aromatic carbocycles. The quantitative estimate of drug-likeness (QED) is 0.240. The number of aromatic amines is 1. The second kappa shape index (κ2) is 11.7. The summed E-state index contributed by atoms with van der Waals surface area (Å²) in [6, 6.07) is 23.5. The zero-order valence-corrected chi connectivity index (χ0v) is 22.2. The molecule has 0 saturated heterocycles. The van der Waals surface area contributed by atoms with Gasteiger partial charge in [0.2, 0.25) is 0 Å². The van der Waals surface area contributed by atoms with Gasteiger partial charge in [-0.25, -0.2) is 4.99 Å². The van der Waals surface area contributed by atoms with E-state index in [4.69, 9.17) is 4.99 Å². The Bertz CT molecular complexity index is 1420. The SMILES string of the molecule is CN(C)Cc1ccc(N=C(c2ccccc2)c2c(O)[nH]c3ccc(C(=O)NCC4CCCCC4)cc23)cc1. The number of aromatic hydroxyl groups is 1. The van der Waals surface area contributed by atoms with Crippen molar-refractivity contribution >= 4 is 28.2 Å². The Morgan fingerprint density at radius 2 is 1.71 bits per heavy atom. The summed E-state index contributed by atoms with van der Waals surface area (Å²) in [5.41, 5.74) is 5.45. The lowest BCUT2D eigenvalue weighted by Gasteiger charge is -2.21. The summed E-state index contributed by atoms with van der Waals surface area (Å²) in [7, 11) is 4.09. The van der Waals surface area contributed by atoms with Gasteiger partial charge in [0.15, 0.2) is 5.88 Å². The molecule has 1 amide bonds. The Labute approximate surface area is 224 Å². The van der Waals surface area contributed by atoms with Crippen LogP contribution in [-0.2, 0) is 6.54 Å². The summed E-state index contributed by atoms with van der Waals surface area (Å²) in [4.78, 5) is 23.3. The Kier molecular flexibility index (Phi) is 7.89. The number of amides is 1. The molecule has 6 nitrogen and oxygen atoms in total. The van der Waals surface area contributed by atoms with Crippen LogP contribution in [0.4, 0.5) is 5.69 Å². The van der Waals surface area contributed by atoms with Crippen LogP contribution in [0, 0.1) is 5.92 Å². The smallest absolute Gasteiger partial charge is 0.251 e. The van der Waals surface area contributed by atoms with E-state index < -0.39 is 0 Å². The van der Waals surface area contributed by atoms with Crippen LogP contribution in [0.1, 0.15) is 59.2 Å². The van der Waals surface area contributed by atoms with E-state index >= 15 is 0 Å². The fourth-order valence-electron chi connectivity index (χ4n) is 5.32. The van der Waals surface area contributed by atoms with Gasteiger partial charge in [0.1, 0.15) is 0 Å². The van der Waals surface area contributed by atoms with Gasteiger partial charge in [0.05, 0.1) is 17.0 Å². The lowest BCUT2D eigenvalue weighted by molar-refractivity contribution is 0.0943. The number of carbonyl (C=O) groups excluding carboxylic acids is 1. The van der Waals surface area contributed by atoms with E-state index in [0.717, 1.165) is 28.7 Å². The van der Waals surface area contributed by atoms with E-state index in [0.29, 0.717) is 29.3 Å². The number of nitrogens with one attached hydrogen (secondary N) is 2. The van der Waals surface area contributed by atoms with E-state index in [1.165, 1.54) is 37.7 Å². The third kappa shape index (κ3) is 5.97. The Balaban J connectivity index is 1.51. The summed E-state index contributed by atoms with van der Waals surface area (Å²) in [6.45, 7) is 1.56. The summed E-state index contributed by atoms with van der Waals surface area (Å²) < 4.78 is 0. The molecule has 1 aliphatic carbocycles. The van der Waals surface area contributed by atoms with Crippen LogP contribution >= 0.6 is 0 Å². The molecule has 0 bridgehead atoms. The van der Waals surface area contributed by atoms with Crippen LogP contribution in [-0.4, -0.2) is 47.2 Å². The molecule has 1 fully saturated rings. The predicted octanol–water partition coefficient (Wildman–Crippen LogP) is 6.41. The van der Waals surface area contributed by atoms with Crippen LogP contribution in [0.15, 0.2) is 77.8 Å². The van der Waals surface area contributed by atoms with Crippen LogP contribution in [0.3, 0.4) is 0 Å². The standard InChI is InChI=1S/C32H36N4O2/c1-36(2)21-23-13-16-26(17-14-23)34-30(24-11-7-4-8-12-24)29-27-19-25(15-18-28(27)35-32(29)38)31(37)33-20-22-9-5-3-6-10-22/h4,7-8,11-19,22,35,38H,3,5-6,9-10,20-21H2,1-2H3,(H,33,37). The number of H-pyrrole nitrogens is 1. The molecular weight excluding hydrogens is 472 g/mol. The van der Waals surface area contributed by atoms with Crippen molar-refractivity contribution in [3.05, 3.63) is 95.1 Å². The fraction of sp³-hybridized carbons (Fsp3) is 0.312. The monoisotopic (exact) mass is 508 g/mol. The first-order valence-corrected chi connectivity index (χ1v) is 13.5. The fourth-order valence-corrected chi connectivity index (χ4v) is 5.32. The lowest BCUT2D eigenvalue weighted by Crippen LogP contribution is -2.30. The van der Waals surface area contributed by atoms with Crippen molar-refractivity contribution in [3.63, 3.8) is 0 Å². The highest BCUT2D eigenvalue weighted by molar-refractivity contribution is 6.22. The number of hydrogen-bond donors (Lipinski definition) is 3. The number of fused-ring (bicyclic) bond motifs is 1. The highest BCUT2D eigenvalue weighted by Gasteiger charge is 2.21. The molecule has 0 spiro atoms. The molecule has 6 heteroatoms. The first-order chi connectivity index (χ1) is 18.5. The number of hydrogen-bond acceptors (Lipinski definition) is 4. The number of rotatable bonds is 8. The topological polar surface area (TPSA) is 80.7 Å². The third-order valence-electron chi connectivity index (χ3n) is 7.28. The van der Waals surface area contributed by atoms with Gasteiger partial charge in [-0.15, -0.1) is 0 Å². The molecule has 196 valence electrons. The van der Waals surface area contributed by atoms with Gasteiger partial charge in [0.25, 0.3) is 5.91 Å². The van der Waals surface area contributed by atoms with E-state index in [2.05, 4.69) is 27.3 Å². The maximum Gasteiger partial charge on any atom is 0.251 e. The minimum absolute atomic E-state index is 0.0339. The minimum atomic E-state index is -0.0844. The molecule has 0 atom stereocenters. The summed E-state index contributed by atoms with van der Waals surface area (Å²) >= 11 is 0. The van der Waals surface area contributed by atoms with Gasteiger partial charge in [0, 0.05) is 35.1 Å². The van der Waals surface area contributed by atoms with Gasteiger partial charge in [-0.05, 0) is 68.8 Å². The Morgan fingerprint density at radius 1 is 0.974 bits per heavy atom. The van der Waals surface area contributed by atoms with Crippen molar-refractivity contribution < 1.29 is 9.90 Å². The molecule has 1 saturated carbocycles. The Morgan fingerprint density at radius 3 is 2.42 bits per heavy atom. The third-order valence-corrected chi connectivity index (χ3v) is 7.28. The van der Waals surface area contributed by atoms with E-state index in [-0.39, 0.29) is 11.8 Å². The van der Waals surface area contributed by atoms with Crippen molar-refractivity contribution in [2.24, 2.45) is 10.9 Å². The number of aliphatic imine (C=N–C) groups is 1. The normalized spacial score (nSPS) is 14.8. The van der Waals surface area contributed by atoms with Crippen LogP contribution < -0.4 is 5.32 Å². The van der Waals surface area contributed by atoms with Gasteiger partial charge in [-0.2, -0.15) is 0 Å². The lowest BCUT2D eigenvalue weighted by atomic mass is 9.89. The molecule has 38 heavy (non-hydrogen) atoms. The average Bonchev–Trinajstić information content (AvgIpc) is 3.26. The zero-order chi connectivity index (χ0) is 26.5. The number of nitrogens with zero attached hydrogens (tertiary/aromatic N) is 2. The average molecular weight is 509 g/mol. The van der Waals surface area contributed by atoms with Crippen LogP contribution in [0.5, 0.6) is 5.88 Å². The molecule has 5 rings (SSSR count). The van der Waals surface area contributed by atoms with Crippen molar-refractivity contribution in [1.82, 2.24) is 15.2 Å².